The molecule has 0 fully saturated rings. The topological polar surface area (TPSA) is 87.2 Å². The number of benzene rings is 2. The summed E-state index contributed by atoms with van der Waals surface area (Å²) in [7, 11) is 0. The van der Waals surface area contributed by atoms with Crippen LogP contribution in [0.3, 0.4) is 0 Å². The van der Waals surface area contributed by atoms with Crippen molar-refractivity contribution in [2.75, 3.05) is 0 Å². The quantitative estimate of drug-likeness (QED) is 0.344. The Bertz CT molecular complexity index is 659. The maximum atomic E-state index is 11.4. The molecule has 0 bridgehead atoms. The fourth-order valence-corrected chi connectivity index (χ4v) is 1.81. The van der Waals surface area contributed by atoms with Gasteiger partial charge in [-0.25, -0.2) is 4.79 Å². The van der Waals surface area contributed by atoms with E-state index in [4.69, 9.17) is 11.1 Å². The molecule has 0 aliphatic carbocycles. The average molecular weight is 266 g/mol. The van der Waals surface area contributed by atoms with Gasteiger partial charge in [0.15, 0.2) is 0 Å². The van der Waals surface area contributed by atoms with Gasteiger partial charge in [-0.05, 0) is 17.2 Å². The Morgan fingerprint density at radius 1 is 1.00 bits per heavy atom. The standard InChI is InChI=1S/C16H14N2O2/c17-15(18)13-8-6-11(7-9-13)10-14(16(19)20)12-4-2-1-3-5-12/h1-10H,(H3,17,18)(H,19,20). The van der Waals surface area contributed by atoms with Crippen LogP contribution < -0.4 is 5.73 Å². The van der Waals surface area contributed by atoms with Crippen molar-refractivity contribution in [3.05, 3.63) is 71.3 Å². The Kier molecular flexibility index (Phi) is 3.96. The molecule has 0 saturated carbocycles. The largest absolute Gasteiger partial charge is 0.478 e. The Balaban J connectivity index is 2.39. The van der Waals surface area contributed by atoms with E-state index in [9.17, 15) is 9.90 Å². The number of carboxylic acid groups (broad SMARTS) is 1. The second-order valence-electron chi connectivity index (χ2n) is 4.26. The number of nitrogens with one attached hydrogen (secondary N) is 1. The summed E-state index contributed by atoms with van der Waals surface area (Å²) in [6, 6.07) is 15.8. The lowest BCUT2D eigenvalue weighted by molar-refractivity contribution is -0.130. The second kappa shape index (κ2) is 5.84. The highest BCUT2D eigenvalue weighted by Gasteiger charge is 2.09. The molecule has 0 aromatic heterocycles. The maximum Gasteiger partial charge on any atom is 0.336 e. The highest BCUT2D eigenvalue weighted by molar-refractivity contribution is 6.20. The minimum atomic E-state index is -0.980. The Morgan fingerprint density at radius 2 is 1.60 bits per heavy atom. The average Bonchev–Trinajstić information content (AvgIpc) is 2.46. The van der Waals surface area contributed by atoms with Crippen LogP contribution in [-0.2, 0) is 4.79 Å². The van der Waals surface area contributed by atoms with Gasteiger partial charge in [-0.2, -0.15) is 0 Å². The zero-order valence-corrected chi connectivity index (χ0v) is 10.7. The van der Waals surface area contributed by atoms with E-state index < -0.39 is 5.97 Å². The van der Waals surface area contributed by atoms with Crippen LogP contribution in [0.1, 0.15) is 16.7 Å². The van der Waals surface area contributed by atoms with E-state index in [1.165, 1.54) is 0 Å². The number of nitrogen functional groups attached to an aromatic ring is 1. The molecule has 4 N–H and O–H groups in total. The van der Waals surface area contributed by atoms with Crippen LogP contribution in [0.25, 0.3) is 11.6 Å². The molecular formula is C16H14N2O2. The molecule has 0 atom stereocenters. The van der Waals surface area contributed by atoms with Gasteiger partial charge in [0.1, 0.15) is 5.84 Å². The van der Waals surface area contributed by atoms with E-state index in [0.717, 1.165) is 5.56 Å². The lowest BCUT2D eigenvalue weighted by atomic mass is 10.0. The molecule has 0 radical (unpaired) electrons. The van der Waals surface area contributed by atoms with Crippen molar-refractivity contribution in [3.8, 4) is 0 Å². The van der Waals surface area contributed by atoms with Crippen LogP contribution in [-0.4, -0.2) is 16.9 Å². The molecule has 4 nitrogen and oxygen atoms in total. The molecule has 0 spiro atoms. The number of carbonyl (C=O) groups is 1. The number of rotatable bonds is 4. The lowest BCUT2D eigenvalue weighted by Gasteiger charge is -2.04. The number of aliphatic carboxylic acids is 1. The molecule has 0 aliphatic heterocycles. The van der Waals surface area contributed by atoms with Crippen molar-refractivity contribution >= 4 is 23.5 Å². The third kappa shape index (κ3) is 3.11. The van der Waals surface area contributed by atoms with Gasteiger partial charge in [0.05, 0.1) is 5.57 Å². The number of carboxylic acids is 1. The molecule has 2 aromatic rings. The number of nitrogens with two attached hydrogens (primary N) is 1. The minimum absolute atomic E-state index is 0.0120. The van der Waals surface area contributed by atoms with Gasteiger partial charge in [-0.1, -0.05) is 54.6 Å². The summed E-state index contributed by atoms with van der Waals surface area (Å²) in [6.45, 7) is 0. The Hall–Kier alpha value is -2.88. The molecule has 2 aromatic carbocycles. The first-order valence-corrected chi connectivity index (χ1v) is 6.03. The number of hydrogen-bond donors (Lipinski definition) is 3. The van der Waals surface area contributed by atoms with Gasteiger partial charge >= 0.3 is 5.97 Å². The summed E-state index contributed by atoms with van der Waals surface area (Å²) in [5.74, 6) is -0.992. The fourth-order valence-electron chi connectivity index (χ4n) is 1.81. The van der Waals surface area contributed by atoms with Crippen molar-refractivity contribution in [3.63, 3.8) is 0 Å². The van der Waals surface area contributed by atoms with Crippen LogP contribution in [0.2, 0.25) is 0 Å². The Morgan fingerprint density at radius 3 is 2.10 bits per heavy atom. The zero-order valence-electron chi connectivity index (χ0n) is 10.7. The summed E-state index contributed by atoms with van der Waals surface area (Å²) < 4.78 is 0. The van der Waals surface area contributed by atoms with Crippen LogP contribution in [0, 0.1) is 5.41 Å². The van der Waals surface area contributed by atoms with Crippen molar-refractivity contribution in [2.45, 2.75) is 0 Å². The van der Waals surface area contributed by atoms with Crippen molar-refractivity contribution in [1.29, 1.82) is 5.41 Å². The zero-order chi connectivity index (χ0) is 14.5. The van der Waals surface area contributed by atoms with Crippen molar-refractivity contribution in [1.82, 2.24) is 0 Å². The highest BCUT2D eigenvalue weighted by atomic mass is 16.4. The molecule has 2 rings (SSSR count). The first-order chi connectivity index (χ1) is 9.58. The normalized spacial score (nSPS) is 11.1. The molecule has 4 heteroatoms. The van der Waals surface area contributed by atoms with Crippen LogP contribution in [0.15, 0.2) is 54.6 Å². The summed E-state index contributed by atoms with van der Waals surface area (Å²) in [6.07, 6.45) is 1.60. The molecule has 20 heavy (non-hydrogen) atoms. The van der Waals surface area contributed by atoms with Crippen LogP contribution in [0.4, 0.5) is 0 Å². The minimum Gasteiger partial charge on any atom is -0.478 e. The summed E-state index contributed by atoms with van der Waals surface area (Å²) in [5, 5.41) is 16.6. The smallest absolute Gasteiger partial charge is 0.336 e. The van der Waals surface area contributed by atoms with Gasteiger partial charge in [-0.3, -0.25) is 5.41 Å². The summed E-state index contributed by atoms with van der Waals surface area (Å²) >= 11 is 0. The van der Waals surface area contributed by atoms with E-state index in [0.29, 0.717) is 11.1 Å². The lowest BCUT2D eigenvalue weighted by Crippen LogP contribution is -2.10. The summed E-state index contributed by atoms with van der Waals surface area (Å²) in [4.78, 5) is 11.4. The molecule has 0 aliphatic rings. The van der Waals surface area contributed by atoms with Gasteiger partial charge in [0.25, 0.3) is 0 Å². The van der Waals surface area contributed by atoms with E-state index >= 15 is 0 Å². The van der Waals surface area contributed by atoms with Gasteiger partial charge < -0.3 is 10.8 Å². The van der Waals surface area contributed by atoms with Crippen LogP contribution >= 0.6 is 0 Å². The van der Waals surface area contributed by atoms with E-state index in [1.807, 2.05) is 6.07 Å². The highest BCUT2D eigenvalue weighted by Crippen LogP contribution is 2.18. The van der Waals surface area contributed by atoms with Crippen molar-refractivity contribution in [2.24, 2.45) is 5.73 Å². The van der Waals surface area contributed by atoms with Gasteiger partial charge in [0, 0.05) is 5.56 Å². The maximum absolute atomic E-state index is 11.4. The first kappa shape index (κ1) is 13.5. The van der Waals surface area contributed by atoms with E-state index in [-0.39, 0.29) is 11.4 Å². The first-order valence-electron chi connectivity index (χ1n) is 6.03. The molecule has 0 amide bonds. The third-order valence-electron chi connectivity index (χ3n) is 2.85. The van der Waals surface area contributed by atoms with Crippen LogP contribution in [0.5, 0.6) is 0 Å². The summed E-state index contributed by atoms with van der Waals surface area (Å²) in [5.41, 5.74) is 7.61. The van der Waals surface area contributed by atoms with E-state index in [2.05, 4.69) is 0 Å². The molecule has 0 heterocycles. The van der Waals surface area contributed by atoms with E-state index in [1.54, 1.807) is 54.6 Å². The molecule has 100 valence electrons. The molecular weight excluding hydrogens is 252 g/mol. The number of amidine groups is 1. The predicted octanol–water partition coefficient (Wildman–Crippen LogP) is 2.60. The SMILES string of the molecule is N=C(N)c1ccc(C=C(C(=O)O)c2ccccc2)cc1. The Labute approximate surface area is 116 Å². The second-order valence-corrected chi connectivity index (χ2v) is 4.26. The van der Waals surface area contributed by atoms with Gasteiger partial charge in [0.2, 0.25) is 0 Å². The van der Waals surface area contributed by atoms with Crippen molar-refractivity contribution < 1.29 is 9.90 Å². The number of hydrogen-bond acceptors (Lipinski definition) is 2. The fraction of sp³-hybridized carbons (Fsp3) is 0. The van der Waals surface area contributed by atoms with Gasteiger partial charge in [-0.15, -0.1) is 0 Å². The predicted molar refractivity (Wildman–Crippen MR) is 79.4 cm³/mol. The molecule has 0 unspecified atom stereocenters. The monoisotopic (exact) mass is 266 g/mol. The third-order valence-corrected chi connectivity index (χ3v) is 2.85. The molecule has 0 saturated heterocycles.